The van der Waals surface area contributed by atoms with Gasteiger partial charge in [0.2, 0.25) is 0 Å². The molecule has 0 bridgehead atoms. The Morgan fingerprint density at radius 1 is 1.35 bits per heavy atom. The number of ether oxygens (including phenoxy) is 1. The van der Waals surface area contributed by atoms with E-state index in [2.05, 4.69) is 4.98 Å². The largest absolute Gasteiger partial charge is 0.384 e. The number of nitrogens with zero attached hydrogens (tertiary/aromatic N) is 2. The van der Waals surface area contributed by atoms with Crippen LogP contribution in [0.25, 0.3) is 0 Å². The van der Waals surface area contributed by atoms with Gasteiger partial charge in [0, 0.05) is 24.3 Å². The van der Waals surface area contributed by atoms with Crippen molar-refractivity contribution in [1.82, 2.24) is 9.88 Å². The lowest BCUT2D eigenvalue weighted by Gasteiger charge is -2.35. The van der Waals surface area contributed by atoms with Gasteiger partial charge in [-0.05, 0) is 31.9 Å². The predicted octanol–water partition coefficient (Wildman–Crippen LogP) is 2.04. The average molecular weight is 277 g/mol. The Balaban J connectivity index is 2.24. The number of amides is 1. The quantitative estimate of drug-likeness (QED) is 0.898. The molecule has 1 amide bonds. The van der Waals surface area contributed by atoms with Crippen LogP contribution in [0, 0.1) is 0 Å². The summed E-state index contributed by atoms with van der Waals surface area (Å²) in [5.41, 5.74) is 7.28. The molecule has 2 heterocycles. The maximum atomic E-state index is 12.6. The number of aromatic nitrogens is 1. The molecule has 5 nitrogen and oxygen atoms in total. The van der Waals surface area contributed by atoms with Crippen LogP contribution in [-0.2, 0) is 4.74 Å². The number of hydrogen-bond acceptors (Lipinski definition) is 4. The van der Waals surface area contributed by atoms with Crippen LogP contribution in [0.5, 0.6) is 0 Å². The first-order valence-corrected chi connectivity index (χ1v) is 7.09. The van der Waals surface area contributed by atoms with Crippen molar-refractivity contribution in [3.05, 3.63) is 23.4 Å². The van der Waals surface area contributed by atoms with E-state index >= 15 is 0 Å². The van der Waals surface area contributed by atoms with Gasteiger partial charge in [-0.3, -0.25) is 4.79 Å². The van der Waals surface area contributed by atoms with Gasteiger partial charge in [-0.25, -0.2) is 4.98 Å². The molecular formula is C15H23N3O2. The number of rotatable bonds is 2. The second-order valence-corrected chi connectivity index (χ2v) is 5.83. The summed E-state index contributed by atoms with van der Waals surface area (Å²) < 4.78 is 5.66. The fourth-order valence-corrected chi connectivity index (χ4v) is 2.52. The van der Waals surface area contributed by atoms with E-state index in [9.17, 15) is 4.79 Å². The van der Waals surface area contributed by atoms with Crippen LogP contribution in [0.1, 0.15) is 49.7 Å². The Bertz CT molecular complexity index is 492. The van der Waals surface area contributed by atoms with Crippen molar-refractivity contribution >= 4 is 11.7 Å². The standard InChI is InChI=1S/C15H23N3O2/c1-9(2)13-5-12(6-14(16)17-13)15(19)18-7-10(3)20-11(4)8-18/h5-6,9-11H,7-8H2,1-4H3,(H2,16,17)/t10-,11+. The first-order valence-electron chi connectivity index (χ1n) is 7.09. The molecule has 2 N–H and O–H groups in total. The highest BCUT2D eigenvalue weighted by Gasteiger charge is 2.27. The van der Waals surface area contributed by atoms with Gasteiger partial charge in [0.25, 0.3) is 5.91 Å². The molecule has 1 fully saturated rings. The molecule has 0 aromatic carbocycles. The van der Waals surface area contributed by atoms with Crippen molar-refractivity contribution in [2.75, 3.05) is 18.8 Å². The number of nitrogens with two attached hydrogens (primary N) is 1. The van der Waals surface area contributed by atoms with Gasteiger partial charge in [-0.2, -0.15) is 0 Å². The van der Waals surface area contributed by atoms with Crippen LogP contribution in [0.2, 0.25) is 0 Å². The van der Waals surface area contributed by atoms with Gasteiger partial charge in [0.15, 0.2) is 0 Å². The van der Waals surface area contributed by atoms with Gasteiger partial charge >= 0.3 is 0 Å². The number of anilines is 1. The Labute approximate surface area is 120 Å². The number of hydrogen-bond donors (Lipinski definition) is 1. The fourth-order valence-electron chi connectivity index (χ4n) is 2.52. The second-order valence-electron chi connectivity index (χ2n) is 5.83. The number of carbonyl (C=O) groups excluding carboxylic acids is 1. The molecule has 1 saturated heterocycles. The van der Waals surface area contributed by atoms with E-state index in [0.717, 1.165) is 5.69 Å². The van der Waals surface area contributed by atoms with Gasteiger partial charge in [0.1, 0.15) is 5.82 Å². The zero-order chi connectivity index (χ0) is 14.9. The molecule has 0 saturated carbocycles. The van der Waals surface area contributed by atoms with Crippen LogP contribution in [0.4, 0.5) is 5.82 Å². The van der Waals surface area contributed by atoms with E-state index in [1.165, 1.54) is 0 Å². The van der Waals surface area contributed by atoms with Crippen molar-refractivity contribution in [3.63, 3.8) is 0 Å². The van der Waals surface area contributed by atoms with Crippen molar-refractivity contribution in [3.8, 4) is 0 Å². The van der Waals surface area contributed by atoms with Crippen molar-refractivity contribution in [2.24, 2.45) is 0 Å². The molecule has 0 unspecified atom stereocenters. The SMILES string of the molecule is CC(C)c1cc(C(=O)N2C[C@@H](C)O[C@@H](C)C2)cc(N)n1. The fraction of sp³-hybridized carbons (Fsp3) is 0.600. The minimum absolute atomic E-state index is 0.00278. The monoisotopic (exact) mass is 277 g/mol. The predicted molar refractivity (Wildman–Crippen MR) is 78.7 cm³/mol. The van der Waals surface area contributed by atoms with Crippen LogP contribution >= 0.6 is 0 Å². The molecule has 110 valence electrons. The van der Waals surface area contributed by atoms with Crippen molar-refractivity contribution < 1.29 is 9.53 Å². The lowest BCUT2D eigenvalue weighted by atomic mass is 10.1. The lowest BCUT2D eigenvalue weighted by molar-refractivity contribution is -0.0586. The van der Waals surface area contributed by atoms with Gasteiger partial charge in [-0.1, -0.05) is 13.8 Å². The molecule has 0 spiro atoms. The molecule has 5 heteroatoms. The van der Waals surface area contributed by atoms with E-state index in [-0.39, 0.29) is 24.0 Å². The maximum Gasteiger partial charge on any atom is 0.254 e. The second kappa shape index (κ2) is 5.79. The summed E-state index contributed by atoms with van der Waals surface area (Å²) >= 11 is 0. The average Bonchev–Trinajstić information content (AvgIpc) is 2.35. The summed E-state index contributed by atoms with van der Waals surface area (Å²) in [6.45, 7) is 9.27. The third kappa shape index (κ3) is 3.28. The molecule has 1 aromatic rings. The van der Waals surface area contributed by atoms with E-state index < -0.39 is 0 Å². The Morgan fingerprint density at radius 3 is 2.50 bits per heavy atom. The summed E-state index contributed by atoms with van der Waals surface area (Å²) in [4.78, 5) is 18.7. The summed E-state index contributed by atoms with van der Waals surface area (Å²) in [5.74, 6) is 0.643. The van der Waals surface area contributed by atoms with Crippen LogP contribution in [-0.4, -0.2) is 41.1 Å². The highest BCUT2D eigenvalue weighted by atomic mass is 16.5. The molecule has 1 aliphatic rings. The molecule has 0 radical (unpaired) electrons. The summed E-state index contributed by atoms with van der Waals surface area (Å²) in [6, 6.07) is 3.49. The van der Waals surface area contributed by atoms with Gasteiger partial charge < -0.3 is 15.4 Å². The van der Waals surface area contributed by atoms with Gasteiger partial charge in [-0.15, -0.1) is 0 Å². The third-order valence-corrected chi connectivity index (χ3v) is 3.41. The number of pyridine rings is 1. The highest BCUT2D eigenvalue weighted by Crippen LogP contribution is 2.19. The Hall–Kier alpha value is -1.62. The molecule has 1 aliphatic heterocycles. The van der Waals surface area contributed by atoms with E-state index in [0.29, 0.717) is 24.5 Å². The summed E-state index contributed by atoms with van der Waals surface area (Å²) in [6.07, 6.45) is 0.123. The molecular weight excluding hydrogens is 254 g/mol. The van der Waals surface area contributed by atoms with Crippen LogP contribution in [0.15, 0.2) is 12.1 Å². The molecule has 1 aromatic heterocycles. The first kappa shape index (κ1) is 14.8. The third-order valence-electron chi connectivity index (χ3n) is 3.41. The van der Waals surface area contributed by atoms with Crippen LogP contribution < -0.4 is 5.73 Å². The van der Waals surface area contributed by atoms with E-state index in [4.69, 9.17) is 10.5 Å². The van der Waals surface area contributed by atoms with E-state index in [1.807, 2.05) is 38.7 Å². The lowest BCUT2D eigenvalue weighted by Crippen LogP contribution is -2.48. The summed E-state index contributed by atoms with van der Waals surface area (Å²) in [5, 5.41) is 0. The molecule has 2 atom stereocenters. The topological polar surface area (TPSA) is 68.5 Å². The normalized spacial score (nSPS) is 23.1. The molecule has 20 heavy (non-hydrogen) atoms. The van der Waals surface area contributed by atoms with Crippen molar-refractivity contribution in [2.45, 2.75) is 45.8 Å². The highest BCUT2D eigenvalue weighted by molar-refractivity contribution is 5.95. The smallest absolute Gasteiger partial charge is 0.254 e. The van der Waals surface area contributed by atoms with Gasteiger partial charge in [0.05, 0.1) is 12.2 Å². The first-order chi connectivity index (χ1) is 9.36. The minimum atomic E-state index is 0.00278. The summed E-state index contributed by atoms with van der Waals surface area (Å²) in [7, 11) is 0. The zero-order valence-corrected chi connectivity index (χ0v) is 12.6. The Kier molecular flexibility index (Phi) is 4.28. The van der Waals surface area contributed by atoms with Crippen LogP contribution in [0.3, 0.4) is 0 Å². The molecule has 0 aliphatic carbocycles. The van der Waals surface area contributed by atoms with Crippen molar-refractivity contribution in [1.29, 1.82) is 0 Å². The number of nitrogen functional groups attached to an aromatic ring is 1. The molecule has 2 rings (SSSR count). The Morgan fingerprint density at radius 2 is 1.95 bits per heavy atom. The number of carbonyl (C=O) groups is 1. The zero-order valence-electron chi connectivity index (χ0n) is 12.6. The minimum Gasteiger partial charge on any atom is -0.384 e. The maximum absolute atomic E-state index is 12.6. The van der Waals surface area contributed by atoms with E-state index in [1.54, 1.807) is 6.07 Å². The number of morpholine rings is 1.